The highest BCUT2D eigenvalue weighted by atomic mass is 35.5. The quantitative estimate of drug-likeness (QED) is 0.266. The molecule has 5 rings (SSSR count). The fourth-order valence-electron chi connectivity index (χ4n) is 5.35. The summed E-state index contributed by atoms with van der Waals surface area (Å²) in [5.41, 5.74) is 5.04. The van der Waals surface area contributed by atoms with Gasteiger partial charge in [-0.15, -0.1) is 0 Å². The molecule has 0 bridgehead atoms. The van der Waals surface area contributed by atoms with E-state index >= 15 is 0 Å². The van der Waals surface area contributed by atoms with Gasteiger partial charge < -0.3 is 19.9 Å². The zero-order chi connectivity index (χ0) is 28.2. The van der Waals surface area contributed by atoms with Crippen LogP contribution in [0.5, 0.6) is 0 Å². The van der Waals surface area contributed by atoms with Crippen molar-refractivity contribution in [2.75, 3.05) is 18.6 Å². The maximum absolute atomic E-state index is 13.9. The first-order valence-corrected chi connectivity index (χ1v) is 13.6. The summed E-state index contributed by atoms with van der Waals surface area (Å²) in [6.45, 7) is 1.90. The lowest BCUT2D eigenvalue weighted by atomic mass is 10.0. The third kappa shape index (κ3) is 5.43. The first-order chi connectivity index (χ1) is 19.4. The lowest BCUT2D eigenvalue weighted by molar-refractivity contribution is -0.127. The van der Waals surface area contributed by atoms with Crippen molar-refractivity contribution >= 4 is 50.9 Å². The number of benzene rings is 3. The van der Waals surface area contributed by atoms with Crippen LogP contribution in [0, 0.1) is 6.92 Å². The van der Waals surface area contributed by atoms with Crippen molar-refractivity contribution in [1.29, 1.82) is 0 Å². The Morgan fingerprint density at radius 1 is 1.02 bits per heavy atom. The number of nitrogens with one attached hydrogen (secondary N) is 1. The highest BCUT2D eigenvalue weighted by Gasteiger charge is 2.27. The Kier molecular flexibility index (Phi) is 8.14. The fourth-order valence-corrected chi connectivity index (χ4v) is 5.63. The number of hydrogen-bond acceptors (Lipinski definition) is 4. The number of pyridine rings is 1. The first kappa shape index (κ1) is 27.4. The lowest BCUT2D eigenvalue weighted by Crippen LogP contribution is -2.49. The molecule has 0 fully saturated rings. The predicted molar refractivity (Wildman–Crippen MR) is 160 cm³/mol. The third-order valence-corrected chi connectivity index (χ3v) is 7.63. The maximum atomic E-state index is 13.9. The number of nitrogens with zero attached hydrogens (tertiary/aromatic N) is 3. The molecule has 0 aliphatic heterocycles. The molecule has 0 radical (unpaired) electrons. The van der Waals surface area contributed by atoms with Crippen LogP contribution < -0.4 is 10.2 Å². The van der Waals surface area contributed by atoms with Crippen LogP contribution in [0.25, 0.3) is 21.8 Å². The van der Waals surface area contributed by atoms with Crippen molar-refractivity contribution in [3.05, 3.63) is 107 Å². The van der Waals surface area contributed by atoms with E-state index in [0.29, 0.717) is 17.9 Å². The fraction of sp³-hybridized carbons (Fsp3) is 0.219. The number of amides is 2. The minimum Gasteiger partial charge on any atom is -0.396 e. The van der Waals surface area contributed by atoms with Gasteiger partial charge in [0.25, 0.3) is 0 Å². The minimum absolute atomic E-state index is 0.00851. The van der Waals surface area contributed by atoms with Gasteiger partial charge >= 0.3 is 0 Å². The number of halogens is 1. The Balaban J connectivity index is 1.45. The van der Waals surface area contributed by atoms with Gasteiger partial charge in [0, 0.05) is 42.7 Å². The number of carbonyl (C=O) groups excluding carboxylic acids is 2. The van der Waals surface area contributed by atoms with Gasteiger partial charge in [-0.2, -0.15) is 0 Å². The molecule has 8 heteroatoms. The van der Waals surface area contributed by atoms with Crippen LogP contribution in [0.15, 0.2) is 85.1 Å². The average Bonchev–Trinajstić information content (AvgIpc) is 3.23. The number of aliphatic hydroxyl groups excluding tert-OH is 1. The van der Waals surface area contributed by atoms with E-state index in [1.807, 2.05) is 90.4 Å². The second-order valence-electron chi connectivity index (χ2n) is 9.81. The van der Waals surface area contributed by atoms with E-state index in [9.17, 15) is 14.7 Å². The summed E-state index contributed by atoms with van der Waals surface area (Å²) in [4.78, 5) is 33.5. The Bertz CT molecular complexity index is 1680. The van der Waals surface area contributed by atoms with Crippen molar-refractivity contribution in [2.24, 2.45) is 0 Å². The van der Waals surface area contributed by atoms with Crippen molar-refractivity contribution in [2.45, 2.75) is 32.4 Å². The molecule has 0 unspecified atom stereocenters. The van der Waals surface area contributed by atoms with Gasteiger partial charge in [0.2, 0.25) is 11.8 Å². The average molecular weight is 555 g/mol. The first-order valence-electron chi connectivity index (χ1n) is 13.2. The number of carbonyl (C=O) groups is 2. The summed E-state index contributed by atoms with van der Waals surface area (Å²) in [7, 11) is 1.72. The molecule has 0 aliphatic carbocycles. The van der Waals surface area contributed by atoms with Gasteiger partial charge in [0.15, 0.2) is 0 Å². The van der Waals surface area contributed by atoms with E-state index < -0.39 is 6.04 Å². The van der Waals surface area contributed by atoms with Crippen LogP contribution in [0.3, 0.4) is 0 Å². The Morgan fingerprint density at radius 3 is 2.58 bits per heavy atom. The standard InChI is InChI=1S/C32H31ClN4O3/c1-21-23(16-18-38)31-25(33)12-6-15-29(31)37(21)20-30(39)35-27(19-22-9-4-3-5-10-22)32(40)36(2)28-14-7-13-26-24(28)11-8-17-34-26/h3-15,17,27,38H,16,18-20H2,1-2H3,(H,35,39)/t27-/m0/s1. The van der Waals surface area contributed by atoms with Crippen LogP contribution in [0.1, 0.15) is 16.8 Å². The normalized spacial score (nSPS) is 12.0. The monoisotopic (exact) mass is 554 g/mol. The molecule has 3 aromatic carbocycles. The highest BCUT2D eigenvalue weighted by molar-refractivity contribution is 6.35. The molecule has 204 valence electrons. The number of hydrogen-bond donors (Lipinski definition) is 2. The second kappa shape index (κ2) is 11.9. The van der Waals surface area contributed by atoms with E-state index in [1.165, 1.54) is 0 Å². The summed E-state index contributed by atoms with van der Waals surface area (Å²) >= 11 is 6.52. The van der Waals surface area contributed by atoms with Crippen molar-refractivity contribution in [1.82, 2.24) is 14.9 Å². The maximum Gasteiger partial charge on any atom is 0.249 e. The molecule has 0 saturated heterocycles. The Labute approximate surface area is 238 Å². The molecular weight excluding hydrogens is 524 g/mol. The number of aliphatic hydroxyl groups is 1. The van der Waals surface area contributed by atoms with E-state index in [2.05, 4.69) is 10.3 Å². The molecule has 2 N–H and O–H groups in total. The Hall–Kier alpha value is -4.20. The smallest absolute Gasteiger partial charge is 0.249 e. The van der Waals surface area contributed by atoms with Crippen LogP contribution in [-0.4, -0.2) is 46.2 Å². The molecule has 0 aliphatic rings. The summed E-state index contributed by atoms with van der Waals surface area (Å²) in [5.74, 6) is -0.524. The number of aromatic nitrogens is 2. The molecule has 7 nitrogen and oxygen atoms in total. The summed E-state index contributed by atoms with van der Waals surface area (Å²) in [6, 6.07) is 23.8. The predicted octanol–water partition coefficient (Wildman–Crippen LogP) is 5.08. The van der Waals surface area contributed by atoms with Gasteiger partial charge in [0.1, 0.15) is 12.6 Å². The number of anilines is 1. The summed E-state index contributed by atoms with van der Waals surface area (Å²) in [5, 5.41) is 14.9. The van der Waals surface area contributed by atoms with Crippen LogP contribution in [0.4, 0.5) is 5.69 Å². The molecule has 2 heterocycles. The number of fused-ring (bicyclic) bond motifs is 2. The molecule has 0 spiro atoms. The van der Waals surface area contributed by atoms with E-state index in [-0.39, 0.29) is 25.0 Å². The lowest BCUT2D eigenvalue weighted by Gasteiger charge is -2.26. The van der Waals surface area contributed by atoms with Crippen LogP contribution >= 0.6 is 11.6 Å². The van der Waals surface area contributed by atoms with Gasteiger partial charge in [-0.3, -0.25) is 14.6 Å². The molecule has 2 amide bonds. The van der Waals surface area contributed by atoms with E-state index in [1.54, 1.807) is 18.1 Å². The minimum atomic E-state index is -0.797. The van der Waals surface area contributed by atoms with E-state index in [0.717, 1.165) is 44.3 Å². The van der Waals surface area contributed by atoms with Crippen molar-refractivity contribution in [3.8, 4) is 0 Å². The molecule has 2 aromatic heterocycles. The second-order valence-corrected chi connectivity index (χ2v) is 10.2. The summed E-state index contributed by atoms with van der Waals surface area (Å²) in [6.07, 6.45) is 2.49. The van der Waals surface area contributed by atoms with Gasteiger partial charge in [0.05, 0.1) is 21.7 Å². The van der Waals surface area contributed by atoms with Crippen molar-refractivity contribution < 1.29 is 14.7 Å². The summed E-state index contributed by atoms with van der Waals surface area (Å²) < 4.78 is 1.89. The SMILES string of the molecule is Cc1c(CCO)c2c(Cl)cccc2n1CC(=O)N[C@@H](Cc1ccccc1)C(=O)N(C)c1cccc2ncccc12. The molecule has 0 saturated carbocycles. The van der Waals surface area contributed by atoms with Gasteiger partial charge in [-0.05, 0) is 60.9 Å². The van der Waals surface area contributed by atoms with Gasteiger partial charge in [-0.25, -0.2) is 0 Å². The largest absolute Gasteiger partial charge is 0.396 e. The molecule has 5 aromatic rings. The third-order valence-electron chi connectivity index (χ3n) is 7.32. The molecule has 1 atom stereocenters. The number of likely N-dealkylation sites (N-methyl/N-ethyl adjacent to an activating group) is 1. The van der Waals surface area contributed by atoms with Gasteiger partial charge in [-0.1, -0.05) is 54.1 Å². The highest BCUT2D eigenvalue weighted by Crippen LogP contribution is 2.32. The van der Waals surface area contributed by atoms with E-state index in [4.69, 9.17) is 11.6 Å². The van der Waals surface area contributed by atoms with Crippen molar-refractivity contribution in [3.63, 3.8) is 0 Å². The zero-order valence-corrected chi connectivity index (χ0v) is 23.2. The van der Waals surface area contributed by atoms with Crippen LogP contribution in [0.2, 0.25) is 5.02 Å². The Morgan fingerprint density at radius 2 is 1.80 bits per heavy atom. The zero-order valence-electron chi connectivity index (χ0n) is 22.5. The molecule has 40 heavy (non-hydrogen) atoms. The van der Waals surface area contributed by atoms with Crippen LogP contribution in [-0.2, 0) is 29.0 Å². The molecular formula is C32H31ClN4O3. The number of rotatable bonds is 9. The topological polar surface area (TPSA) is 87.5 Å².